The fourth-order valence-electron chi connectivity index (χ4n) is 2.76. The van der Waals surface area contributed by atoms with Crippen LogP contribution in [0.15, 0.2) is 29.1 Å². The highest BCUT2D eigenvalue weighted by atomic mass is 79.9. The van der Waals surface area contributed by atoms with E-state index in [9.17, 15) is 13.2 Å². The minimum atomic E-state index is -4.46. The minimum Gasteiger partial charge on any atom is -0.341 e. The first kappa shape index (κ1) is 17.8. The van der Waals surface area contributed by atoms with E-state index in [1.807, 2.05) is 11.9 Å². The van der Waals surface area contributed by atoms with Gasteiger partial charge in [0.15, 0.2) is 0 Å². The summed E-state index contributed by atoms with van der Waals surface area (Å²) in [6.45, 7) is 1.15. The van der Waals surface area contributed by atoms with Gasteiger partial charge in [0.05, 0.1) is 4.47 Å². The Kier molecular flexibility index (Phi) is 5.07. The van der Waals surface area contributed by atoms with Crippen molar-refractivity contribution >= 4 is 27.8 Å². The van der Waals surface area contributed by atoms with Crippen LogP contribution in [0.5, 0.6) is 0 Å². The van der Waals surface area contributed by atoms with Crippen LogP contribution in [-0.4, -0.2) is 46.1 Å². The summed E-state index contributed by atoms with van der Waals surface area (Å²) >= 11 is 3.30. The highest BCUT2D eigenvalue weighted by molar-refractivity contribution is 9.10. The first-order chi connectivity index (χ1) is 11.8. The van der Waals surface area contributed by atoms with Crippen molar-refractivity contribution in [2.24, 2.45) is 0 Å². The first-order valence-electron chi connectivity index (χ1n) is 7.70. The van der Waals surface area contributed by atoms with Crippen molar-refractivity contribution in [2.75, 3.05) is 29.9 Å². The number of halogens is 4. The normalized spacial score (nSPS) is 16.1. The van der Waals surface area contributed by atoms with Crippen molar-refractivity contribution in [3.63, 3.8) is 0 Å². The largest absolute Gasteiger partial charge is 0.433 e. The lowest BCUT2D eigenvalue weighted by atomic mass is 10.0. The molecule has 2 aromatic rings. The second kappa shape index (κ2) is 7.11. The number of anilines is 2. The van der Waals surface area contributed by atoms with E-state index in [0.29, 0.717) is 19.0 Å². The van der Waals surface area contributed by atoms with Gasteiger partial charge in [-0.25, -0.2) is 19.9 Å². The van der Waals surface area contributed by atoms with E-state index >= 15 is 0 Å². The molecule has 0 saturated carbocycles. The van der Waals surface area contributed by atoms with Gasteiger partial charge in [0.25, 0.3) is 0 Å². The number of rotatable bonds is 3. The maximum atomic E-state index is 12.8. The molecule has 1 aliphatic rings. The third kappa shape index (κ3) is 4.17. The number of nitrogens with zero attached hydrogens (tertiary/aromatic N) is 6. The molecule has 3 rings (SSSR count). The third-order valence-corrected chi connectivity index (χ3v) is 4.56. The highest BCUT2D eigenvalue weighted by Gasteiger charge is 2.34. The van der Waals surface area contributed by atoms with Crippen LogP contribution in [0.3, 0.4) is 0 Å². The van der Waals surface area contributed by atoms with Crippen molar-refractivity contribution in [1.82, 2.24) is 19.9 Å². The Morgan fingerprint density at radius 3 is 2.40 bits per heavy atom. The maximum absolute atomic E-state index is 12.8. The fraction of sp³-hybridized carbons (Fsp3) is 0.467. The van der Waals surface area contributed by atoms with Crippen LogP contribution in [0.4, 0.5) is 25.1 Å². The van der Waals surface area contributed by atoms with E-state index in [2.05, 4.69) is 35.9 Å². The number of piperidine rings is 1. The lowest BCUT2D eigenvalue weighted by molar-refractivity contribution is -0.141. The Hall–Kier alpha value is -1.97. The Labute approximate surface area is 151 Å². The molecule has 0 aliphatic carbocycles. The second-order valence-electron chi connectivity index (χ2n) is 5.77. The predicted molar refractivity (Wildman–Crippen MR) is 90.4 cm³/mol. The van der Waals surface area contributed by atoms with Gasteiger partial charge in [-0.15, -0.1) is 0 Å². The standard InChI is InChI=1S/C15H16BrF3N6/c1-24(13-21-8-10(16)9-22-13)11-3-6-25(7-4-11)14-20-5-2-12(23-14)15(17,18)19/h2,5,8-9,11H,3-4,6-7H2,1H3. The van der Waals surface area contributed by atoms with Crippen LogP contribution in [0, 0.1) is 0 Å². The molecule has 3 heterocycles. The van der Waals surface area contributed by atoms with Crippen molar-refractivity contribution < 1.29 is 13.2 Å². The monoisotopic (exact) mass is 416 g/mol. The number of aromatic nitrogens is 4. The fourth-order valence-corrected chi connectivity index (χ4v) is 2.97. The van der Waals surface area contributed by atoms with Gasteiger partial charge < -0.3 is 9.80 Å². The van der Waals surface area contributed by atoms with E-state index < -0.39 is 11.9 Å². The molecule has 0 amide bonds. The van der Waals surface area contributed by atoms with Gasteiger partial charge in [-0.3, -0.25) is 0 Å². The molecular formula is C15H16BrF3N6. The van der Waals surface area contributed by atoms with Gasteiger partial charge >= 0.3 is 6.18 Å². The molecule has 10 heteroatoms. The Morgan fingerprint density at radius 1 is 1.16 bits per heavy atom. The van der Waals surface area contributed by atoms with Gasteiger partial charge in [0, 0.05) is 44.8 Å². The topological polar surface area (TPSA) is 58.0 Å². The molecule has 0 N–H and O–H groups in total. The summed E-state index contributed by atoms with van der Waals surface area (Å²) in [5, 5.41) is 0. The Bertz CT molecular complexity index is 716. The summed E-state index contributed by atoms with van der Waals surface area (Å²) < 4.78 is 39.2. The van der Waals surface area contributed by atoms with E-state index in [1.165, 1.54) is 0 Å². The average molecular weight is 417 g/mol. The lowest BCUT2D eigenvalue weighted by Crippen LogP contribution is -2.44. The molecule has 0 bridgehead atoms. The molecule has 0 unspecified atom stereocenters. The van der Waals surface area contributed by atoms with E-state index in [4.69, 9.17) is 0 Å². The van der Waals surface area contributed by atoms with Crippen LogP contribution in [-0.2, 0) is 6.18 Å². The van der Waals surface area contributed by atoms with Crippen LogP contribution >= 0.6 is 15.9 Å². The van der Waals surface area contributed by atoms with E-state index in [1.54, 1.807) is 17.3 Å². The molecule has 0 aromatic carbocycles. The van der Waals surface area contributed by atoms with Gasteiger partial charge in [-0.2, -0.15) is 13.2 Å². The second-order valence-corrected chi connectivity index (χ2v) is 6.69. The minimum absolute atomic E-state index is 0.121. The molecule has 1 fully saturated rings. The molecule has 0 radical (unpaired) electrons. The molecule has 1 saturated heterocycles. The zero-order chi connectivity index (χ0) is 18.0. The van der Waals surface area contributed by atoms with Crippen molar-refractivity contribution in [2.45, 2.75) is 25.1 Å². The number of alkyl halides is 3. The van der Waals surface area contributed by atoms with Gasteiger partial charge in [0.2, 0.25) is 11.9 Å². The molecule has 0 atom stereocenters. The van der Waals surface area contributed by atoms with E-state index in [-0.39, 0.29) is 12.0 Å². The smallest absolute Gasteiger partial charge is 0.341 e. The van der Waals surface area contributed by atoms with Gasteiger partial charge in [-0.05, 0) is 34.8 Å². The predicted octanol–water partition coefficient (Wildman–Crippen LogP) is 3.15. The molecule has 2 aromatic heterocycles. The third-order valence-electron chi connectivity index (χ3n) is 4.15. The summed E-state index contributed by atoms with van der Waals surface area (Å²) in [5.41, 5.74) is -0.917. The Balaban J connectivity index is 1.65. The molecule has 6 nitrogen and oxygen atoms in total. The van der Waals surface area contributed by atoms with Crippen LogP contribution in [0.25, 0.3) is 0 Å². The number of hydrogen-bond donors (Lipinski definition) is 0. The van der Waals surface area contributed by atoms with Crippen LogP contribution < -0.4 is 9.80 Å². The summed E-state index contributed by atoms with van der Waals surface area (Å²) in [7, 11) is 1.92. The molecule has 134 valence electrons. The molecule has 0 spiro atoms. The first-order valence-corrected chi connectivity index (χ1v) is 8.49. The van der Waals surface area contributed by atoms with Crippen molar-refractivity contribution in [3.8, 4) is 0 Å². The van der Waals surface area contributed by atoms with Gasteiger partial charge in [0.1, 0.15) is 5.69 Å². The Morgan fingerprint density at radius 2 is 1.80 bits per heavy atom. The average Bonchev–Trinajstić information content (AvgIpc) is 2.61. The van der Waals surface area contributed by atoms with Gasteiger partial charge in [-0.1, -0.05) is 0 Å². The van der Waals surface area contributed by atoms with Crippen molar-refractivity contribution in [1.29, 1.82) is 0 Å². The molecular weight excluding hydrogens is 401 g/mol. The van der Waals surface area contributed by atoms with E-state index in [0.717, 1.165) is 29.6 Å². The summed E-state index contributed by atoms with van der Waals surface area (Å²) in [6, 6.07) is 1.10. The highest BCUT2D eigenvalue weighted by Crippen LogP contribution is 2.29. The quantitative estimate of drug-likeness (QED) is 0.765. The van der Waals surface area contributed by atoms with Crippen LogP contribution in [0.1, 0.15) is 18.5 Å². The summed E-state index contributed by atoms with van der Waals surface area (Å²) in [4.78, 5) is 20.0. The zero-order valence-electron chi connectivity index (χ0n) is 13.4. The SMILES string of the molecule is CN(c1ncc(Br)cn1)C1CCN(c2nccc(C(F)(F)F)n2)CC1. The molecule has 1 aliphatic heterocycles. The summed E-state index contributed by atoms with van der Waals surface area (Å²) in [5.74, 6) is 0.743. The lowest BCUT2D eigenvalue weighted by Gasteiger charge is -2.36. The van der Waals surface area contributed by atoms with Crippen molar-refractivity contribution in [3.05, 3.63) is 34.8 Å². The summed E-state index contributed by atoms with van der Waals surface area (Å²) in [6.07, 6.45) is 1.58. The van der Waals surface area contributed by atoms with Crippen LogP contribution in [0.2, 0.25) is 0 Å². The zero-order valence-corrected chi connectivity index (χ0v) is 15.0. The number of hydrogen-bond acceptors (Lipinski definition) is 6. The maximum Gasteiger partial charge on any atom is 0.433 e. The molecule has 25 heavy (non-hydrogen) atoms.